The van der Waals surface area contributed by atoms with Gasteiger partial charge in [-0.1, -0.05) is 54.6 Å². The van der Waals surface area contributed by atoms with Crippen LogP contribution in [0.4, 0.5) is 0 Å². The van der Waals surface area contributed by atoms with Crippen LogP contribution in [0, 0.1) is 12.1 Å². The molecule has 2 radical (unpaired) electrons. The van der Waals surface area contributed by atoms with Gasteiger partial charge < -0.3 is 0 Å². The van der Waals surface area contributed by atoms with E-state index in [-0.39, 0.29) is 0 Å². The van der Waals surface area contributed by atoms with Gasteiger partial charge in [-0.15, -0.1) is 0 Å². The van der Waals surface area contributed by atoms with Crippen LogP contribution in [-0.4, -0.2) is 0 Å². The van der Waals surface area contributed by atoms with Crippen molar-refractivity contribution in [1.29, 1.82) is 0 Å². The van der Waals surface area contributed by atoms with Gasteiger partial charge in [-0.05, 0) is 52.6 Å². The first-order valence-electron chi connectivity index (χ1n) is 5.96. The first kappa shape index (κ1) is 10.8. The largest absolute Gasteiger partial charge is 0.0610 e. The lowest BCUT2D eigenvalue weighted by Crippen LogP contribution is -1.80. The summed E-state index contributed by atoms with van der Waals surface area (Å²) in [5.41, 5.74) is 4.82. The van der Waals surface area contributed by atoms with Crippen LogP contribution >= 0.6 is 0 Å². The van der Waals surface area contributed by atoms with Crippen molar-refractivity contribution in [2.45, 2.75) is 0 Å². The summed E-state index contributed by atoms with van der Waals surface area (Å²) in [6.07, 6.45) is 0. The van der Waals surface area contributed by atoms with Gasteiger partial charge in [-0.2, -0.15) is 0 Å². The minimum atomic E-state index is 1.19. The van der Waals surface area contributed by atoms with Gasteiger partial charge in [-0.3, -0.25) is 0 Å². The molecule has 0 unspecified atom stereocenters. The summed E-state index contributed by atoms with van der Waals surface area (Å²) in [5, 5.41) is 0. The molecule has 0 saturated heterocycles. The molecule has 0 nitrogen and oxygen atoms in total. The fraction of sp³-hybridized carbons (Fsp3) is 0. The molecule has 0 fully saturated rings. The van der Waals surface area contributed by atoms with E-state index in [9.17, 15) is 0 Å². The van der Waals surface area contributed by atoms with E-state index in [0.717, 1.165) is 0 Å². The van der Waals surface area contributed by atoms with Gasteiger partial charge in [-0.25, -0.2) is 0 Å². The molecule has 0 atom stereocenters. The summed E-state index contributed by atoms with van der Waals surface area (Å²) in [4.78, 5) is 0. The molecule has 0 amide bonds. The van der Waals surface area contributed by atoms with Crippen molar-refractivity contribution in [2.24, 2.45) is 0 Å². The van der Waals surface area contributed by atoms with Crippen molar-refractivity contribution in [1.82, 2.24) is 0 Å². The second-order valence-electron chi connectivity index (χ2n) is 4.17. The summed E-state index contributed by atoms with van der Waals surface area (Å²) < 4.78 is 0. The summed E-state index contributed by atoms with van der Waals surface area (Å²) in [6, 6.07) is 30.8. The molecule has 0 heteroatoms. The molecule has 0 saturated carbocycles. The summed E-state index contributed by atoms with van der Waals surface area (Å²) in [7, 11) is 0. The van der Waals surface area contributed by atoms with Crippen molar-refractivity contribution in [3.05, 3.63) is 84.9 Å². The van der Waals surface area contributed by atoms with E-state index in [2.05, 4.69) is 48.5 Å². The molecule has 0 heterocycles. The minimum Gasteiger partial charge on any atom is -0.0610 e. The molecule has 0 aliphatic rings. The van der Waals surface area contributed by atoms with Crippen molar-refractivity contribution < 1.29 is 0 Å². The molecule has 0 bridgehead atoms. The third-order valence-electron chi connectivity index (χ3n) is 2.94. The van der Waals surface area contributed by atoms with Crippen LogP contribution in [0.15, 0.2) is 72.8 Å². The average Bonchev–Trinajstić information content (AvgIpc) is 2.49. The highest BCUT2D eigenvalue weighted by atomic mass is 14.0. The Kier molecular flexibility index (Phi) is 2.93. The second kappa shape index (κ2) is 4.89. The lowest BCUT2D eigenvalue weighted by atomic mass is 9.99. The third-order valence-corrected chi connectivity index (χ3v) is 2.94. The Labute approximate surface area is 108 Å². The van der Waals surface area contributed by atoms with Gasteiger partial charge >= 0.3 is 0 Å². The first-order valence-corrected chi connectivity index (χ1v) is 5.96. The van der Waals surface area contributed by atoms with Gasteiger partial charge in [0.2, 0.25) is 0 Å². The highest BCUT2D eigenvalue weighted by Gasteiger charge is 2.00. The number of hydrogen-bond donors (Lipinski definition) is 0. The van der Waals surface area contributed by atoms with Crippen LogP contribution in [0.3, 0.4) is 0 Å². The van der Waals surface area contributed by atoms with Crippen LogP contribution in [0.25, 0.3) is 22.3 Å². The Morgan fingerprint density at radius 2 is 1.06 bits per heavy atom. The number of hydrogen-bond acceptors (Lipinski definition) is 0. The summed E-state index contributed by atoms with van der Waals surface area (Å²) in [5.74, 6) is 0. The molecule has 3 rings (SSSR count). The van der Waals surface area contributed by atoms with E-state index in [1.807, 2.05) is 36.4 Å². The summed E-state index contributed by atoms with van der Waals surface area (Å²) >= 11 is 0. The van der Waals surface area contributed by atoms with Crippen molar-refractivity contribution in [2.75, 3.05) is 0 Å². The molecule has 0 aliphatic carbocycles. The van der Waals surface area contributed by atoms with Gasteiger partial charge in [0.25, 0.3) is 0 Å². The van der Waals surface area contributed by atoms with Crippen LogP contribution in [0.2, 0.25) is 0 Å². The van der Waals surface area contributed by atoms with E-state index in [4.69, 9.17) is 0 Å². The van der Waals surface area contributed by atoms with Crippen LogP contribution in [-0.2, 0) is 0 Å². The molecule has 84 valence electrons. The van der Waals surface area contributed by atoms with Gasteiger partial charge in [0.05, 0.1) is 0 Å². The monoisotopic (exact) mass is 228 g/mol. The fourth-order valence-electron chi connectivity index (χ4n) is 2.02. The smallest absolute Gasteiger partial charge is 0.0178 e. The normalized spacial score (nSPS) is 10.2. The Bertz CT molecular complexity index is 570. The maximum Gasteiger partial charge on any atom is -0.0178 e. The lowest BCUT2D eigenvalue weighted by Gasteiger charge is -2.05. The van der Waals surface area contributed by atoms with Gasteiger partial charge in [0.15, 0.2) is 0 Å². The molecule has 0 N–H and O–H groups in total. The zero-order valence-corrected chi connectivity index (χ0v) is 9.93. The van der Waals surface area contributed by atoms with Crippen LogP contribution < -0.4 is 0 Å². The molecule has 3 aromatic rings. The number of benzene rings is 3. The van der Waals surface area contributed by atoms with E-state index in [1.165, 1.54) is 22.3 Å². The molecule has 3 aromatic carbocycles. The highest BCUT2D eigenvalue weighted by Crippen LogP contribution is 2.25. The Morgan fingerprint density at radius 3 is 1.50 bits per heavy atom. The third kappa shape index (κ3) is 2.18. The molecule has 0 aromatic heterocycles. The molecular formula is C18H12. The van der Waals surface area contributed by atoms with Crippen molar-refractivity contribution >= 4 is 0 Å². The molecular weight excluding hydrogens is 216 g/mol. The zero-order chi connectivity index (χ0) is 12.2. The van der Waals surface area contributed by atoms with E-state index in [0.29, 0.717) is 0 Å². The van der Waals surface area contributed by atoms with Gasteiger partial charge in [0.1, 0.15) is 0 Å². The molecule has 0 aliphatic heterocycles. The summed E-state index contributed by atoms with van der Waals surface area (Å²) in [6.45, 7) is 0. The van der Waals surface area contributed by atoms with E-state index in [1.54, 1.807) is 0 Å². The van der Waals surface area contributed by atoms with Gasteiger partial charge in [0, 0.05) is 0 Å². The maximum absolute atomic E-state index is 3.11. The van der Waals surface area contributed by atoms with Crippen LogP contribution in [0.5, 0.6) is 0 Å². The minimum absolute atomic E-state index is 1.19. The highest BCUT2D eigenvalue weighted by molar-refractivity contribution is 5.72. The predicted octanol–water partition coefficient (Wildman–Crippen LogP) is 4.62. The van der Waals surface area contributed by atoms with Crippen molar-refractivity contribution in [3.8, 4) is 22.3 Å². The predicted molar refractivity (Wildman–Crippen MR) is 75.0 cm³/mol. The zero-order valence-electron chi connectivity index (χ0n) is 9.93. The second-order valence-corrected chi connectivity index (χ2v) is 4.17. The van der Waals surface area contributed by atoms with E-state index < -0.39 is 0 Å². The average molecular weight is 228 g/mol. The fourth-order valence-corrected chi connectivity index (χ4v) is 2.02. The Hall–Kier alpha value is -2.34. The first-order chi connectivity index (χ1) is 8.93. The number of rotatable bonds is 2. The van der Waals surface area contributed by atoms with E-state index >= 15 is 0 Å². The lowest BCUT2D eigenvalue weighted by molar-refractivity contribution is 1.58. The molecule has 0 spiro atoms. The standard InChI is InChI=1S/C18H12/c1-3-8-15(9-4-1)17-12-7-13-18(14-17)16-10-5-2-6-11-16/h1-3,5,7-14H. The van der Waals surface area contributed by atoms with Crippen LogP contribution in [0.1, 0.15) is 0 Å². The topological polar surface area (TPSA) is 0 Å². The SMILES string of the molecule is [c]1cccc(-c2cccc(-c3c[c]ccc3)c2)c1. The quantitative estimate of drug-likeness (QED) is 0.600. The van der Waals surface area contributed by atoms with Crippen molar-refractivity contribution in [3.63, 3.8) is 0 Å². The Morgan fingerprint density at radius 1 is 0.556 bits per heavy atom. The maximum atomic E-state index is 3.11. The molecule has 18 heavy (non-hydrogen) atoms. The Balaban J connectivity index is 2.05.